The number of hydrogen-bond acceptors (Lipinski definition) is 15. The largest absolute Gasteiger partial charge is 0.472 e. The summed E-state index contributed by atoms with van der Waals surface area (Å²) < 4.78 is 68.7. The molecule has 17 nitrogen and oxygen atoms in total. The van der Waals surface area contributed by atoms with Crippen LogP contribution in [0.5, 0.6) is 0 Å². The highest BCUT2D eigenvalue weighted by atomic mass is 31.2. The number of unbranched alkanes of at least 4 members (excludes halogenated alkanes) is 45. The van der Waals surface area contributed by atoms with Gasteiger partial charge in [-0.3, -0.25) is 37.3 Å². The Morgan fingerprint density at radius 3 is 0.788 bits per heavy atom. The van der Waals surface area contributed by atoms with Gasteiger partial charge in [0.05, 0.1) is 26.4 Å². The minimum absolute atomic E-state index is 0.0245. The molecule has 0 aromatic rings. The molecule has 0 aromatic carbocycles. The first-order valence-corrected chi connectivity index (χ1v) is 45.5. The van der Waals surface area contributed by atoms with E-state index in [0.29, 0.717) is 32.1 Å². The van der Waals surface area contributed by atoms with E-state index >= 15 is 0 Å². The molecule has 0 radical (unpaired) electrons. The fourth-order valence-corrected chi connectivity index (χ4v) is 13.6. The third kappa shape index (κ3) is 76.9. The highest BCUT2D eigenvalue weighted by Crippen LogP contribution is 2.45. The smallest absolute Gasteiger partial charge is 0.462 e. The number of rotatable bonds is 81. The van der Waals surface area contributed by atoms with Crippen molar-refractivity contribution in [3.05, 3.63) is 60.8 Å². The zero-order valence-electron chi connectivity index (χ0n) is 66.7. The molecule has 0 aliphatic rings. The molecule has 104 heavy (non-hydrogen) atoms. The molecule has 5 atom stereocenters. The highest BCUT2D eigenvalue weighted by Gasteiger charge is 2.30. The third-order valence-corrected chi connectivity index (χ3v) is 20.4. The highest BCUT2D eigenvalue weighted by molar-refractivity contribution is 7.47. The lowest BCUT2D eigenvalue weighted by Crippen LogP contribution is -2.30. The summed E-state index contributed by atoms with van der Waals surface area (Å²) in [6.45, 7) is 4.88. The monoisotopic (exact) mass is 1510 g/mol. The maximum atomic E-state index is 13.1. The molecule has 0 spiro atoms. The van der Waals surface area contributed by atoms with E-state index in [1.54, 1.807) is 0 Å². The lowest BCUT2D eigenvalue weighted by Gasteiger charge is -2.21. The number of allylic oxidation sites excluding steroid dienone is 10. The van der Waals surface area contributed by atoms with Crippen LogP contribution in [0.15, 0.2) is 60.8 Å². The van der Waals surface area contributed by atoms with Crippen molar-refractivity contribution in [2.45, 2.75) is 418 Å². The van der Waals surface area contributed by atoms with E-state index in [0.717, 1.165) is 103 Å². The van der Waals surface area contributed by atoms with Crippen LogP contribution in [-0.2, 0) is 65.4 Å². The molecule has 0 aromatic heterocycles. The van der Waals surface area contributed by atoms with Crippen molar-refractivity contribution >= 4 is 39.5 Å². The Kier molecular flexibility index (Phi) is 75.5. The minimum atomic E-state index is -4.99. The van der Waals surface area contributed by atoms with E-state index in [-0.39, 0.29) is 25.7 Å². The van der Waals surface area contributed by atoms with Crippen molar-refractivity contribution in [2.75, 3.05) is 39.6 Å². The van der Waals surface area contributed by atoms with Crippen LogP contribution in [-0.4, -0.2) is 96.7 Å². The molecule has 608 valence electrons. The van der Waals surface area contributed by atoms with Crippen LogP contribution in [0.3, 0.4) is 0 Å². The predicted molar refractivity (Wildman–Crippen MR) is 427 cm³/mol. The summed E-state index contributed by atoms with van der Waals surface area (Å²) in [5.41, 5.74) is 0. The molecule has 0 aliphatic carbocycles. The molecular formula is C85H156O17P2. The Hall–Kier alpha value is -3.24. The van der Waals surface area contributed by atoms with Gasteiger partial charge in [0.15, 0.2) is 12.2 Å². The molecule has 19 heteroatoms. The molecule has 0 amide bonds. The lowest BCUT2D eigenvalue weighted by atomic mass is 10.0. The van der Waals surface area contributed by atoms with Crippen LogP contribution in [0.4, 0.5) is 0 Å². The first-order valence-electron chi connectivity index (χ1n) is 42.5. The van der Waals surface area contributed by atoms with Crippen molar-refractivity contribution in [3.63, 3.8) is 0 Å². The molecule has 0 aliphatic heterocycles. The number of carbonyl (C=O) groups is 4. The van der Waals surface area contributed by atoms with Crippen LogP contribution in [0.1, 0.15) is 400 Å². The molecule has 0 saturated heterocycles. The Balaban J connectivity index is 5.37. The number of hydrogen-bond donors (Lipinski definition) is 3. The van der Waals surface area contributed by atoms with Crippen LogP contribution >= 0.6 is 15.6 Å². The van der Waals surface area contributed by atoms with E-state index in [1.165, 1.54) is 212 Å². The van der Waals surface area contributed by atoms with Crippen LogP contribution in [0.2, 0.25) is 0 Å². The Bertz CT molecular complexity index is 2200. The molecule has 0 heterocycles. The fraction of sp³-hybridized carbons (Fsp3) is 0.835. The first-order chi connectivity index (χ1) is 50.7. The zero-order chi connectivity index (χ0) is 76.0. The summed E-state index contributed by atoms with van der Waals surface area (Å²) in [7, 11) is -9.96. The van der Waals surface area contributed by atoms with Gasteiger partial charge < -0.3 is 33.8 Å². The maximum Gasteiger partial charge on any atom is 0.472 e. The van der Waals surface area contributed by atoms with E-state index in [4.69, 9.17) is 37.0 Å². The van der Waals surface area contributed by atoms with Crippen molar-refractivity contribution in [2.24, 2.45) is 0 Å². The average Bonchev–Trinajstić information content (AvgIpc) is 1.04. The predicted octanol–water partition coefficient (Wildman–Crippen LogP) is 25.0. The van der Waals surface area contributed by atoms with Gasteiger partial charge in [-0.25, -0.2) is 9.13 Å². The lowest BCUT2D eigenvalue weighted by molar-refractivity contribution is -0.161. The number of aliphatic hydroxyl groups excluding tert-OH is 1. The quantitative estimate of drug-likeness (QED) is 0.0169. The molecule has 0 saturated carbocycles. The number of carbonyl (C=O) groups excluding carboxylic acids is 4. The van der Waals surface area contributed by atoms with Gasteiger partial charge in [-0.05, 0) is 89.9 Å². The van der Waals surface area contributed by atoms with Crippen molar-refractivity contribution < 1.29 is 80.2 Å². The molecular weight excluding hydrogens is 1350 g/mol. The zero-order valence-corrected chi connectivity index (χ0v) is 68.5. The molecule has 0 bridgehead atoms. The number of phosphoric acid groups is 2. The summed E-state index contributed by atoms with van der Waals surface area (Å²) >= 11 is 0. The molecule has 0 fully saturated rings. The standard InChI is InChI=1S/C85H156O17P2/c1-5-9-13-17-21-25-29-33-37-39-43-46-50-54-58-62-66-70-83(88)96-76-81(102-85(90)72-68-64-60-56-52-48-44-40-38-34-30-26-22-18-14-10-6-2)78-100-104(93,94)98-74-79(86)73-97-103(91,92)99-77-80(101-84(89)71-67-63-59-55-51-47-42-36-32-28-24-20-16-12-8-4)75-95-82(87)69-65-61-57-53-49-45-41-35-31-27-23-19-15-11-7-3/h22,26,34,36,38,42,44,48,56,60,79-81,86H,5-21,23-25,27-33,35,37,39-41,43,45-47,49-55,57-59,61-78H2,1-4H3,(H,91,92)(H,93,94)/b26-22-,38-34-,42-36-,48-44-,60-56-/t79-,80+,81+/m0/s1. The Labute approximate surface area is 635 Å². The summed E-state index contributed by atoms with van der Waals surface area (Å²) in [5, 5.41) is 10.7. The van der Waals surface area contributed by atoms with Gasteiger partial charge in [-0.15, -0.1) is 0 Å². The summed E-state index contributed by atoms with van der Waals surface area (Å²) in [4.78, 5) is 73.1. The number of phosphoric ester groups is 2. The van der Waals surface area contributed by atoms with Gasteiger partial charge in [0.2, 0.25) is 0 Å². The number of ether oxygens (including phenoxy) is 4. The van der Waals surface area contributed by atoms with Crippen molar-refractivity contribution in [1.82, 2.24) is 0 Å². The van der Waals surface area contributed by atoms with E-state index in [9.17, 15) is 43.2 Å². The second kappa shape index (κ2) is 77.9. The van der Waals surface area contributed by atoms with E-state index in [2.05, 4.69) is 76.3 Å². The van der Waals surface area contributed by atoms with Gasteiger partial charge >= 0.3 is 39.5 Å². The normalized spacial score (nSPS) is 14.1. The van der Waals surface area contributed by atoms with Gasteiger partial charge in [-0.2, -0.15) is 0 Å². The number of esters is 4. The van der Waals surface area contributed by atoms with Crippen molar-refractivity contribution in [1.29, 1.82) is 0 Å². The SMILES string of the molecule is CCCCC/C=C\C/C=C\C/C=C\C/C=C\CCCC(=O)O[C@H](COC(=O)CCCCCCCCCCCCCCCCCCC)COP(=O)(O)OC[C@@H](O)COP(=O)(O)OC[C@@H](COC(=O)CCCCCCCCCCCCCCCCC)OC(=O)CCCCCCC/C=C\CCCCCCCC. The van der Waals surface area contributed by atoms with E-state index < -0.39 is 97.5 Å². The third-order valence-electron chi connectivity index (χ3n) is 18.5. The van der Waals surface area contributed by atoms with Crippen LogP contribution in [0.25, 0.3) is 0 Å². The Morgan fingerprint density at radius 2 is 0.481 bits per heavy atom. The van der Waals surface area contributed by atoms with Gasteiger partial charge in [0.25, 0.3) is 0 Å². The molecule has 0 rings (SSSR count). The first kappa shape index (κ1) is 101. The molecule has 2 unspecified atom stereocenters. The molecule has 3 N–H and O–H groups in total. The second-order valence-electron chi connectivity index (χ2n) is 28.8. The minimum Gasteiger partial charge on any atom is -0.462 e. The van der Waals surface area contributed by atoms with Crippen molar-refractivity contribution in [3.8, 4) is 0 Å². The van der Waals surface area contributed by atoms with Crippen LogP contribution in [0, 0.1) is 0 Å². The topological polar surface area (TPSA) is 237 Å². The second-order valence-corrected chi connectivity index (χ2v) is 31.7. The number of aliphatic hydroxyl groups is 1. The summed E-state index contributed by atoms with van der Waals surface area (Å²) in [6.07, 6.45) is 79.1. The van der Waals surface area contributed by atoms with Gasteiger partial charge in [0, 0.05) is 25.7 Å². The summed E-state index contributed by atoms with van der Waals surface area (Å²) in [6, 6.07) is 0. The van der Waals surface area contributed by atoms with Gasteiger partial charge in [0.1, 0.15) is 19.3 Å². The van der Waals surface area contributed by atoms with Crippen LogP contribution < -0.4 is 0 Å². The summed E-state index contributed by atoms with van der Waals surface area (Å²) in [5.74, 6) is -2.21. The average molecular weight is 1510 g/mol. The van der Waals surface area contributed by atoms with Gasteiger partial charge in [-0.1, -0.05) is 345 Å². The maximum absolute atomic E-state index is 13.1. The Morgan fingerprint density at radius 1 is 0.269 bits per heavy atom. The fourth-order valence-electron chi connectivity index (χ4n) is 12.0. The van der Waals surface area contributed by atoms with E-state index in [1.807, 2.05) is 12.2 Å².